The van der Waals surface area contributed by atoms with E-state index in [-0.39, 0.29) is 0 Å². The van der Waals surface area contributed by atoms with E-state index in [9.17, 15) is 0 Å². The van der Waals surface area contributed by atoms with Crippen molar-refractivity contribution in [3.05, 3.63) is 29.8 Å². The Labute approximate surface area is 174 Å². The van der Waals surface area contributed by atoms with Crippen molar-refractivity contribution in [3.8, 4) is 5.75 Å². The van der Waals surface area contributed by atoms with Gasteiger partial charge in [0.1, 0.15) is 5.75 Å². The molecule has 1 saturated heterocycles. The second kappa shape index (κ2) is 14.9. The number of hydrogen-bond donors (Lipinski definition) is 1. The maximum atomic E-state index is 5.92. The van der Waals surface area contributed by atoms with Crippen molar-refractivity contribution in [2.24, 2.45) is 5.92 Å². The highest BCUT2D eigenvalue weighted by Gasteiger charge is 2.21. The Bertz CT molecular complexity index is 476. The monoisotopic (exact) mass is 387 g/mol. The molecule has 0 saturated carbocycles. The van der Waals surface area contributed by atoms with Crippen LogP contribution in [-0.2, 0) is 0 Å². The van der Waals surface area contributed by atoms with Crippen LogP contribution >= 0.6 is 0 Å². The molecule has 0 bridgehead atoms. The summed E-state index contributed by atoms with van der Waals surface area (Å²) in [5.41, 5.74) is 1.42. The highest BCUT2D eigenvalue weighted by Crippen LogP contribution is 2.29. The molecule has 1 aliphatic heterocycles. The highest BCUT2D eigenvalue weighted by atomic mass is 16.5. The zero-order valence-corrected chi connectivity index (χ0v) is 18.7. The first-order chi connectivity index (χ1) is 13.8. The minimum Gasteiger partial charge on any atom is -0.494 e. The predicted molar refractivity (Wildman–Crippen MR) is 122 cm³/mol. The summed E-state index contributed by atoms with van der Waals surface area (Å²) in [5.74, 6) is 1.91. The topological polar surface area (TPSA) is 21.3 Å². The first-order valence-corrected chi connectivity index (χ1v) is 12.3. The Morgan fingerprint density at radius 2 is 1.43 bits per heavy atom. The summed E-state index contributed by atoms with van der Waals surface area (Å²) in [6.45, 7) is 6.60. The summed E-state index contributed by atoms with van der Waals surface area (Å²) in [6.07, 6.45) is 19.0. The van der Waals surface area contributed by atoms with E-state index in [0.29, 0.717) is 6.04 Å². The van der Waals surface area contributed by atoms with E-state index < -0.39 is 0 Å². The van der Waals surface area contributed by atoms with Gasteiger partial charge in [-0.2, -0.15) is 0 Å². The maximum Gasteiger partial charge on any atom is 0.119 e. The van der Waals surface area contributed by atoms with E-state index in [4.69, 9.17) is 4.74 Å². The molecule has 1 aliphatic rings. The van der Waals surface area contributed by atoms with Gasteiger partial charge in [0, 0.05) is 6.04 Å². The standard InChI is InChI=1S/C26H45NO/c1-3-5-7-9-11-13-21-28-25-18-16-24(17-19-25)26-20-15-23(22-27-26)14-12-10-8-6-4-2/h16-19,23,26-27H,3-15,20-22H2,1-2H3. The number of benzene rings is 1. The fraction of sp³-hybridized carbons (Fsp3) is 0.769. The number of piperidine rings is 1. The van der Waals surface area contributed by atoms with Crippen LogP contribution in [0.4, 0.5) is 0 Å². The average Bonchev–Trinajstić information content (AvgIpc) is 2.74. The highest BCUT2D eigenvalue weighted by molar-refractivity contribution is 5.29. The zero-order valence-electron chi connectivity index (χ0n) is 18.7. The largest absolute Gasteiger partial charge is 0.494 e. The Kier molecular flexibility index (Phi) is 12.4. The maximum absolute atomic E-state index is 5.92. The molecule has 160 valence electrons. The van der Waals surface area contributed by atoms with Crippen molar-refractivity contribution >= 4 is 0 Å². The Hall–Kier alpha value is -1.02. The van der Waals surface area contributed by atoms with Crippen molar-refractivity contribution in [1.29, 1.82) is 0 Å². The lowest BCUT2D eigenvalue weighted by atomic mass is 9.88. The average molecular weight is 388 g/mol. The minimum absolute atomic E-state index is 0.531. The lowest BCUT2D eigenvalue weighted by Gasteiger charge is -2.30. The molecular formula is C26H45NO. The van der Waals surface area contributed by atoms with E-state index >= 15 is 0 Å². The van der Waals surface area contributed by atoms with Crippen LogP contribution < -0.4 is 10.1 Å². The predicted octanol–water partition coefficient (Wildman–Crippen LogP) is 7.83. The smallest absolute Gasteiger partial charge is 0.119 e. The third kappa shape index (κ3) is 9.45. The van der Waals surface area contributed by atoms with Crippen LogP contribution in [-0.4, -0.2) is 13.2 Å². The van der Waals surface area contributed by atoms with Gasteiger partial charge < -0.3 is 10.1 Å². The molecule has 2 unspecified atom stereocenters. The Morgan fingerprint density at radius 3 is 2.07 bits per heavy atom. The molecule has 1 N–H and O–H groups in total. The van der Waals surface area contributed by atoms with Crippen LogP contribution in [0.1, 0.15) is 115 Å². The zero-order chi connectivity index (χ0) is 19.9. The molecule has 2 nitrogen and oxygen atoms in total. The van der Waals surface area contributed by atoms with Crippen LogP contribution in [0.3, 0.4) is 0 Å². The van der Waals surface area contributed by atoms with Gasteiger partial charge in [0.15, 0.2) is 0 Å². The molecule has 0 aliphatic carbocycles. The summed E-state index contributed by atoms with van der Waals surface area (Å²) in [7, 11) is 0. The van der Waals surface area contributed by atoms with Gasteiger partial charge in [-0.15, -0.1) is 0 Å². The second-order valence-corrected chi connectivity index (χ2v) is 8.79. The number of rotatable bonds is 15. The lowest BCUT2D eigenvalue weighted by Crippen LogP contribution is -2.33. The molecule has 0 radical (unpaired) electrons. The fourth-order valence-corrected chi connectivity index (χ4v) is 4.35. The van der Waals surface area contributed by atoms with Gasteiger partial charge in [-0.25, -0.2) is 0 Å². The molecule has 1 aromatic carbocycles. The van der Waals surface area contributed by atoms with Crippen LogP contribution in [0.25, 0.3) is 0 Å². The minimum atomic E-state index is 0.531. The molecule has 1 fully saturated rings. The summed E-state index contributed by atoms with van der Waals surface area (Å²) in [5, 5.41) is 3.79. The molecule has 2 rings (SSSR count). The fourth-order valence-electron chi connectivity index (χ4n) is 4.35. The molecule has 0 amide bonds. The molecule has 0 spiro atoms. The van der Waals surface area contributed by atoms with Gasteiger partial charge in [0.05, 0.1) is 6.61 Å². The summed E-state index contributed by atoms with van der Waals surface area (Å²) in [4.78, 5) is 0. The van der Waals surface area contributed by atoms with E-state index in [1.165, 1.54) is 102 Å². The van der Waals surface area contributed by atoms with Crippen molar-refractivity contribution in [3.63, 3.8) is 0 Å². The molecule has 0 aromatic heterocycles. The Morgan fingerprint density at radius 1 is 0.786 bits per heavy atom. The van der Waals surface area contributed by atoms with Crippen molar-refractivity contribution in [2.75, 3.05) is 13.2 Å². The molecule has 1 heterocycles. The first kappa shape index (κ1) is 23.3. The number of hydrogen-bond acceptors (Lipinski definition) is 2. The molecule has 1 aromatic rings. The van der Waals surface area contributed by atoms with E-state index in [1.807, 2.05) is 0 Å². The number of unbranched alkanes of at least 4 members (excludes halogenated alkanes) is 9. The second-order valence-electron chi connectivity index (χ2n) is 8.79. The van der Waals surface area contributed by atoms with Gasteiger partial charge in [-0.05, 0) is 55.8 Å². The van der Waals surface area contributed by atoms with Crippen molar-refractivity contribution in [1.82, 2.24) is 5.32 Å². The third-order valence-electron chi connectivity index (χ3n) is 6.28. The summed E-state index contributed by atoms with van der Waals surface area (Å²) < 4.78 is 5.92. The Balaban J connectivity index is 1.58. The normalized spacial score (nSPS) is 19.6. The van der Waals surface area contributed by atoms with E-state index in [0.717, 1.165) is 18.3 Å². The first-order valence-electron chi connectivity index (χ1n) is 12.3. The summed E-state index contributed by atoms with van der Waals surface area (Å²) in [6, 6.07) is 9.38. The van der Waals surface area contributed by atoms with Gasteiger partial charge in [-0.3, -0.25) is 0 Å². The van der Waals surface area contributed by atoms with E-state index in [2.05, 4.69) is 43.4 Å². The van der Waals surface area contributed by atoms with Crippen molar-refractivity contribution in [2.45, 2.75) is 110 Å². The third-order valence-corrected chi connectivity index (χ3v) is 6.28. The molecule has 28 heavy (non-hydrogen) atoms. The molecular weight excluding hydrogens is 342 g/mol. The summed E-state index contributed by atoms with van der Waals surface area (Å²) >= 11 is 0. The quantitative estimate of drug-likeness (QED) is 0.310. The van der Waals surface area contributed by atoms with Gasteiger partial charge in [-0.1, -0.05) is 90.2 Å². The molecule has 2 atom stereocenters. The van der Waals surface area contributed by atoms with Crippen LogP contribution in [0.2, 0.25) is 0 Å². The number of nitrogens with one attached hydrogen (secondary N) is 1. The van der Waals surface area contributed by atoms with Crippen LogP contribution in [0.5, 0.6) is 5.75 Å². The lowest BCUT2D eigenvalue weighted by molar-refractivity contribution is 0.292. The van der Waals surface area contributed by atoms with Gasteiger partial charge >= 0.3 is 0 Å². The molecule has 2 heteroatoms. The van der Waals surface area contributed by atoms with E-state index in [1.54, 1.807) is 0 Å². The number of ether oxygens (including phenoxy) is 1. The van der Waals surface area contributed by atoms with Gasteiger partial charge in [0.2, 0.25) is 0 Å². The van der Waals surface area contributed by atoms with Crippen LogP contribution in [0.15, 0.2) is 24.3 Å². The van der Waals surface area contributed by atoms with Crippen molar-refractivity contribution < 1.29 is 4.74 Å². The van der Waals surface area contributed by atoms with Crippen LogP contribution in [0, 0.1) is 5.92 Å². The SMILES string of the molecule is CCCCCCCCOc1ccc(C2CCC(CCCCCCC)CN2)cc1. The van der Waals surface area contributed by atoms with Gasteiger partial charge in [0.25, 0.3) is 0 Å².